The van der Waals surface area contributed by atoms with E-state index in [4.69, 9.17) is 5.73 Å². The molecule has 1 aliphatic rings. The first-order chi connectivity index (χ1) is 7.89. The lowest BCUT2D eigenvalue weighted by atomic mass is 10.2. The molecule has 0 bridgehead atoms. The van der Waals surface area contributed by atoms with E-state index in [-0.39, 0.29) is 4.75 Å². The Kier molecular flexibility index (Phi) is 5.43. The molecule has 0 amide bonds. The Morgan fingerprint density at radius 2 is 2.00 bits per heavy atom. The van der Waals surface area contributed by atoms with Crippen LogP contribution in [0.2, 0.25) is 0 Å². The monoisotopic (exact) mass is 259 g/mol. The molecule has 5 heteroatoms. The zero-order valence-electron chi connectivity index (χ0n) is 11.2. The molecule has 0 heterocycles. The van der Waals surface area contributed by atoms with Crippen LogP contribution in [0.1, 0.15) is 46.5 Å². The lowest BCUT2D eigenvalue weighted by Gasteiger charge is -2.17. The minimum absolute atomic E-state index is 0.164. The average Bonchev–Trinajstić information content (AvgIpc) is 2.68. The summed E-state index contributed by atoms with van der Waals surface area (Å²) in [5.74, 6) is 1.08. The van der Waals surface area contributed by atoms with Gasteiger partial charge in [0, 0.05) is 27.3 Å². The number of aliphatic imine (C=N–C) groups is 1. The van der Waals surface area contributed by atoms with Gasteiger partial charge in [-0.15, -0.1) is 0 Å². The Morgan fingerprint density at radius 1 is 1.41 bits per heavy atom. The largest absolute Gasteiger partial charge is 0.370 e. The van der Waals surface area contributed by atoms with Crippen molar-refractivity contribution in [2.45, 2.75) is 57.2 Å². The van der Waals surface area contributed by atoms with Crippen LogP contribution in [0.4, 0.5) is 0 Å². The Morgan fingerprint density at radius 3 is 2.53 bits per heavy atom. The number of nitrogens with zero attached hydrogens (tertiary/aromatic N) is 1. The van der Waals surface area contributed by atoms with E-state index in [2.05, 4.69) is 10.3 Å². The van der Waals surface area contributed by atoms with E-state index in [9.17, 15) is 4.21 Å². The first-order valence-electron chi connectivity index (χ1n) is 6.34. The van der Waals surface area contributed by atoms with Gasteiger partial charge in [0.25, 0.3) is 0 Å². The van der Waals surface area contributed by atoms with Gasteiger partial charge in [-0.2, -0.15) is 0 Å². The lowest BCUT2D eigenvalue weighted by Crippen LogP contribution is -2.39. The minimum Gasteiger partial charge on any atom is -0.370 e. The maximum Gasteiger partial charge on any atom is 0.188 e. The van der Waals surface area contributed by atoms with E-state index in [0.29, 0.717) is 24.3 Å². The van der Waals surface area contributed by atoms with E-state index in [1.165, 1.54) is 25.7 Å². The van der Waals surface area contributed by atoms with Crippen molar-refractivity contribution in [3.8, 4) is 0 Å². The maximum absolute atomic E-state index is 11.8. The molecular weight excluding hydrogens is 234 g/mol. The van der Waals surface area contributed by atoms with Crippen LogP contribution in [0.25, 0.3) is 0 Å². The first-order valence-corrected chi connectivity index (χ1v) is 7.66. The normalized spacial score (nSPS) is 20.5. The lowest BCUT2D eigenvalue weighted by molar-refractivity contribution is 0.625. The number of hydrogen-bond acceptors (Lipinski definition) is 2. The van der Waals surface area contributed by atoms with E-state index in [1.54, 1.807) is 0 Å². The molecule has 1 unspecified atom stereocenters. The van der Waals surface area contributed by atoms with Gasteiger partial charge in [0.2, 0.25) is 0 Å². The Balaban J connectivity index is 2.25. The van der Waals surface area contributed by atoms with Crippen molar-refractivity contribution in [1.82, 2.24) is 5.32 Å². The smallest absolute Gasteiger partial charge is 0.188 e. The van der Waals surface area contributed by atoms with Crippen molar-refractivity contribution in [1.29, 1.82) is 0 Å². The van der Waals surface area contributed by atoms with Gasteiger partial charge in [-0.3, -0.25) is 9.20 Å². The van der Waals surface area contributed by atoms with Gasteiger partial charge < -0.3 is 11.1 Å². The van der Waals surface area contributed by atoms with Crippen LogP contribution in [0.15, 0.2) is 4.99 Å². The zero-order valence-corrected chi connectivity index (χ0v) is 12.0. The third-order valence-corrected chi connectivity index (χ3v) is 4.87. The molecule has 0 aromatic heterocycles. The molecule has 0 saturated heterocycles. The fourth-order valence-corrected chi connectivity index (χ4v) is 2.75. The minimum atomic E-state index is -0.848. The van der Waals surface area contributed by atoms with E-state index < -0.39 is 10.8 Å². The molecule has 0 aromatic carbocycles. The first kappa shape index (κ1) is 14.5. The van der Waals surface area contributed by atoms with E-state index in [0.717, 1.165) is 0 Å². The summed E-state index contributed by atoms with van der Waals surface area (Å²) in [6, 6.07) is 0.492. The number of hydrogen-bond donors (Lipinski definition) is 2. The van der Waals surface area contributed by atoms with E-state index >= 15 is 0 Å². The molecule has 0 radical (unpaired) electrons. The van der Waals surface area contributed by atoms with Gasteiger partial charge in [-0.1, -0.05) is 12.8 Å². The summed E-state index contributed by atoms with van der Waals surface area (Å²) < 4.78 is 11.6. The molecule has 0 aliphatic heterocycles. The van der Waals surface area contributed by atoms with Crippen molar-refractivity contribution >= 4 is 16.8 Å². The highest BCUT2D eigenvalue weighted by molar-refractivity contribution is 7.86. The fraction of sp³-hybridized carbons (Fsp3) is 0.917. The van der Waals surface area contributed by atoms with Gasteiger partial charge in [0.1, 0.15) is 0 Å². The third-order valence-electron chi connectivity index (χ3n) is 2.95. The molecule has 17 heavy (non-hydrogen) atoms. The summed E-state index contributed by atoms with van der Waals surface area (Å²) in [5, 5.41) is 3.22. The molecule has 1 atom stereocenters. The predicted molar refractivity (Wildman–Crippen MR) is 74.6 cm³/mol. The fourth-order valence-electron chi connectivity index (χ4n) is 1.88. The number of nitrogens with two attached hydrogens (primary N) is 1. The van der Waals surface area contributed by atoms with Crippen molar-refractivity contribution in [3.63, 3.8) is 0 Å². The van der Waals surface area contributed by atoms with Gasteiger partial charge in [0.15, 0.2) is 5.96 Å². The summed E-state index contributed by atoms with van der Waals surface area (Å²) >= 11 is 0. The summed E-state index contributed by atoms with van der Waals surface area (Å²) in [6.45, 7) is 6.47. The van der Waals surface area contributed by atoms with Crippen LogP contribution >= 0.6 is 0 Å². The molecule has 1 saturated carbocycles. The summed E-state index contributed by atoms with van der Waals surface area (Å²) in [6.07, 6.45) is 4.92. The van der Waals surface area contributed by atoms with Gasteiger partial charge in [-0.05, 0) is 33.6 Å². The van der Waals surface area contributed by atoms with Gasteiger partial charge in [-0.25, -0.2) is 0 Å². The van der Waals surface area contributed by atoms with Crippen LogP contribution in [0, 0.1) is 0 Å². The molecule has 3 N–H and O–H groups in total. The van der Waals surface area contributed by atoms with Gasteiger partial charge in [0.05, 0.1) is 6.54 Å². The average molecular weight is 259 g/mol. The molecule has 1 aliphatic carbocycles. The molecule has 100 valence electrons. The topological polar surface area (TPSA) is 67.5 Å². The Labute approximate surface area is 107 Å². The van der Waals surface area contributed by atoms with Crippen LogP contribution in [0.3, 0.4) is 0 Å². The maximum atomic E-state index is 11.8. The second kappa shape index (κ2) is 6.38. The van der Waals surface area contributed by atoms with Gasteiger partial charge >= 0.3 is 0 Å². The second-order valence-electron chi connectivity index (χ2n) is 5.55. The molecule has 4 nitrogen and oxygen atoms in total. The highest BCUT2D eigenvalue weighted by Gasteiger charge is 2.18. The van der Waals surface area contributed by atoms with Crippen LogP contribution < -0.4 is 11.1 Å². The molecule has 0 spiro atoms. The summed E-state index contributed by atoms with van der Waals surface area (Å²) in [5.41, 5.74) is 5.79. The molecular formula is C12H25N3OS. The highest BCUT2D eigenvalue weighted by atomic mass is 32.2. The third kappa shape index (κ3) is 5.52. The van der Waals surface area contributed by atoms with Crippen molar-refractivity contribution in [3.05, 3.63) is 0 Å². The van der Waals surface area contributed by atoms with Crippen LogP contribution in [-0.2, 0) is 10.8 Å². The Bertz CT molecular complexity index is 291. The van der Waals surface area contributed by atoms with E-state index in [1.807, 2.05) is 20.8 Å². The predicted octanol–water partition coefficient (Wildman–Crippen LogP) is 1.38. The SMILES string of the molecule is CC(C)(C)S(=O)CCN=C(N)NC1CCCC1. The Hall–Kier alpha value is -0.580. The zero-order chi connectivity index (χ0) is 12.9. The number of guanidine groups is 1. The van der Waals surface area contributed by atoms with Crippen molar-refractivity contribution < 1.29 is 4.21 Å². The quantitative estimate of drug-likeness (QED) is 0.592. The number of nitrogens with one attached hydrogen (secondary N) is 1. The van der Waals surface area contributed by atoms with Crippen LogP contribution in [-0.4, -0.2) is 33.3 Å². The van der Waals surface area contributed by atoms with Crippen molar-refractivity contribution in [2.24, 2.45) is 10.7 Å². The van der Waals surface area contributed by atoms with Crippen LogP contribution in [0.5, 0.6) is 0 Å². The second-order valence-corrected chi connectivity index (χ2v) is 7.88. The molecule has 1 fully saturated rings. The summed E-state index contributed by atoms with van der Waals surface area (Å²) in [4.78, 5) is 4.23. The molecule has 0 aromatic rings. The highest BCUT2D eigenvalue weighted by Crippen LogP contribution is 2.17. The van der Waals surface area contributed by atoms with Crippen molar-refractivity contribution in [2.75, 3.05) is 12.3 Å². The standard InChI is InChI=1S/C12H25N3OS/c1-12(2,3)17(16)9-8-14-11(13)15-10-6-4-5-7-10/h10H,4-9H2,1-3H3,(H3,13,14,15). The number of rotatable bonds is 4. The summed E-state index contributed by atoms with van der Waals surface area (Å²) in [7, 11) is -0.848. The molecule has 1 rings (SSSR count).